The molecule has 0 bridgehead atoms. The number of nitrogens with zero attached hydrogens (tertiary/aromatic N) is 1. The van der Waals surface area contributed by atoms with Gasteiger partial charge in [0.15, 0.2) is 6.10 Å². The minimum atomic E-state index is -0.708. The van der Waals surface area contributed by atoms with E-state index in [1.807, 2.05) is 4.90 Å². The molecule has 1 saturated heterocycles. The first-order valence-electron chi connectivity index (χ1n) is 8.66. The molecule has 136 valence electrons. The highest BCUT2D eigenvalue weighted by Gasteiger charge is 2.20. The number of halogens is 1. The second-order valence-corrected chi connectivity index (χ2v) is 6.66. The van der Waals surface area contributed by atoms with E-state index in [0.29, 0.717) is 22.0 Å². The van der Waals surface area contributed by atoms with Gasteiger partial charge in [0.05, 0.1) is 5.02 Å². The highest BCUT2D eigenvalue weighted by Crippen LogP contribution is 2.24. The van der Waals surface area contributed by atoms with Gasteiger partial charge in [0.2, 0.25) is 0 Å². The van der Waals surface area contributed by atoms with E-state index in [1.165, 1.54) is 0 Å². The number of anilines is 1. The van der Waals surface area contributed by atoms with Gasteiger partial charge < -0.3 is 15.0 Å². The van der Waals surface area contributed by atoms with E-state index in [-0.39, 0.29) is 11.8 Å². The minimum Gasteiger partial charge on any atom is -0.479 e. The largest absolute Gasteiger partial charge is 0.479 e. The standard InChI is InChI=1S/C20H21ClN2O3/c1-14(26-18-7-3-2-6-17(18)21)19(24)22-16-10-8-15(9-11-16)20(25)23-12-4-5-13-23/h2-3,6-11,14H,4-5,12-13H2,1H3,(H,22,24). The van der Waals surface area contributed by atoms with Crippen molar-refractivity contribution in [3.8, 4) is 5.75 Å². The monoisotopic (exact) mass is 372 g/mol. The maximum absolute atomic E-state index is 12.3. The average Bonchev–Trinajstić information content (AvgIpc) is 3.18. The number of hydrogen-bond donors (Lipinski definition) is 1. The van der Waals surface area contributed by atoms with Crippen LogP contribution in [0.2, 0.25) is 5.02 Å². The number of hydrogen-bond acceptors (Lipinski definition) is 3. The van der Waals surface area contributed by atoms with Crippen LogP contribution in [-0.2, 0) is 4.79 Å². The van der Waals surface area contributed by atoms with Crippen molar-refractivity contribution in [1.29, 1.82) is 0 Å². The number of rotatable bonds is 5. The fraction of sp³-hybridized carbons (Fsp3) is 0.300. The van der Waals surface area contributed by atoms with Crippen LogP contribution in [0.4, 0.5) is 5.69 Å². The summed E-state index contributed by atoms with van der Waals surface area (Å²) in [5, 5.41) is 3.24. The minimum absolute atomic E-state index is 0.0378. The van der Waals surface area contributed by atoms with Gasteiger partial charge in [-0.2, -0.15) is 0 Å². The van der Waals surface area contributed by atoms with Crippen molar-refractivity contribution in [2.24, 2.45) is 0 Å². The molecule has 2 aromatic rings. The highest BCUT2D eigenvalue weighted by molar-refractivity contribution is 6.32. The molecule has 2 amide bonds. The summed E-state index contributed by atoms with van der Waals surface area (Å²) in [6.45, 7) is 3.28. The Morgan fingerprint density at radius 2 is 1.73 bits per heavy atom. The van der Waals surface area contributed by atoms with Crippen LogP contribution in [-0.4, -0.2) is 35.9 Å². The third-order valence-corrected chi connectivity index (χ3v) is 4.61. The van der Waals surface area contributed by atoms with Gasteiger partial charge in [-0.3, -0.25) is 9.59 Å². The van der Waals surface area contributed by atoms with E-state index in [1.54, 1.807) is 55.5 Å². The second-order valence-electron chi connectivity index (χ2n) is 6.26. The first-order valence-corrected chi connectivity index (χ1v) is 9.04. The Morgan fingerprint density at radius 3 is 2.38 bits per heavy atom. The topological polar surface area (TPSA) is 58.6 Å². The van der Waals surface area contributed by atoms with E-state index in [9.17, 15) is 9.59 Å². The van der Waals surface area contributed by atoms with E-state index in [2.05, 4.69) is 5.32 Å². The number of amides is 2. The first kappa shape index (κ1) is 18.3. The third-order valence-electron chi connectivity index (χ3n) is 4.30. The molecule has 1 unspecified atom stereocenters. The van der Waals surface area contributed by atoms with Gasteiger partial charge in [-0.05, 0) is 56.2 Å². The lowest BCUT2D eigenvalue weighted by molar-refractivity contribution is -0.122. The van der Waals surface area contributed by atoms with Crippen molar-refractivity contribution in [1.82, 2.24) is 4.90 Å². The number of carbonyl (C=O) groups is 2. The first-order chi connectivity index (χ1) is 12.5. The van der Waals surface area contributed by atoms with Crippen LogP contribution in [0.25, 0.3) is 0 Å². The summed E-state index contributed by atoms with van der Waals surface area (Å²) in [5.74, 6) is 0.211. The van der Waals surface area contributed by atoms with Gasteiger partial charge in [0.1, 0.15) is 5.75 Å². The van der Waals surface area contributed by atoms with Gasteiger partial charge in [-0.1, -0.05) is 23.7 Å². The molecule has 1 heterocycles. The molecule has 0 saturated carbocycles. The summed E-state index contributed by atoms with van der Waals surface area (Å²) >= 11 is 6.04. The predicted molar refractivity (Wildman–Crippen MR) is 102 cm³/mol. The lowest BCUT2D eigenvalue weighted by Gasteiger charge is -2.17. The zero-order chi connectivity index (χ0) is 18.5. The van der Waals surface area contributed by atoms with Crippen LogP contribution in [0.5, 0.6) is 5.75 Å². The van der Waals surface area contributed by atoms with Crippen LogP contribution in [0.1, 0.15) is 30.1 Å². The molecule has 0 radical (unpaired) electrons. The number of benzene rings is 2. The van der Waals surface area contributed by atoms with Crippen LogP contribution in [0, 0.1) is 0 Å². The molecule has 6 heteroatoms. The number of ether oxygens (including phenoxy) is 1. The van der Waals surface area contributed by atoms with Crippen LogP contribution in [0.3, 0.4) is 0 Å². The molecule has 1 aliphatic heterocycles. The molecule has 26 heavy (non-hydrogen) atoms. The zero-order valence-corrected chi connectivity index (χ0v) is 15.3. The van der Waals surface area contributed by atoms with Crippen molar-refractivity contribution in [2.45, 2.75) is 25.9 Å². The molecule has 3 rings (SSSR count). The number of para-hydroxylation sites is 1. The molecule has 0 aromatic heterocycles. The summed E-state index contributed by atoms with van der Waals surface area (Å²) in [6, 6.07) is 13.9. The summed E-state index contributed by atoms with van der Waals surface area (Å²) in [5.41, 5.74) is 1.24. The number of likely N-dealkylation sites (tertiary alicyclic amines) is 1. The van der Waals surface area contributed by atoms with Crippen molar-refractivity contribution in [3.63, 3.8) is 0 Å². The fourth-order valence-electron chi connectivity index (χ4n) is 2.83. The molecular formula is C20H21ClN2O3. The Labute approximate surface area is 157 Å². The SMILES string of the molecule is CC(Oc1ccccc1Cl)C(=O)Nc1ccc(C(=O)N2CCCC2)cc1. The second kappa shape index (κ2) is 8.23. The number of nitrogens with one attached hydrogen (secondary N) is 1. The molecular weight excluding hydrogens is 352 g/mol. The molecule has 1 atom stereocenters. The van der Waals surface area contributed by atoms with E-state index >= 15 is 0 Å². The van der Waals surface area contributed by atoms with Crippen molar-refractivity contribution in [3.05, 3.63) is 59.1 Å². The fourth-order valence-corrected chi connectivity index (χ4v) is 3.01. The third kappa shape index (κ3) is 4.35. The van der Waals surface area contributed by atoms with Crippen molar-refractivity contribution < 1.29 is 14.3 Å². The Kier molecular flexibility index (Phi) is 5.78. The molecule has 0 spiro atoms. The predicted octanol–water partition coefficient (Wildman–Crippen LogP) is 3.98. The Bertz CT molecular complexity index is 786. The lowest BCUT2D eigenvalue weighted by atomic mass is 10.2. The summed E-state index contributed by atoms with van der Waals surface area (Å²) in [6.07, 6.45) is 1.41. The summed E-state index contributed by atoms with van der Waals surface area (Å²) < 4.78 is 5.60. The normalized spacial score (nSPS) is 14.8. The van der Waals surface area contributed by atoms with Crippen LogP contribution < -0.4 is 10.1 Å². The van der Waals surface area contributed by atoms with Gasteiger partial charge in [0.25, 0.3) is 11.8 Å². The van der Waals surface area contributed by atoms with Crippen LogP contribution in [0.15, 0.2) is 48.5 Å². The van der Waals surface area contributed by atoms with E-state index in [0.717, 1.165) is 25.9 Å². The van der Waals surface area contributed by atoms with Crippen LogP contribution >= 0.6 is 11.6 Å². The van der Waals surface area contributed by atoms with Gasteiger partial charge >= 0.3 is 0 Å². The maximum atomic E-state index is 12.3. The molecule has 0 aliphatic carbocycles. The molecule has 1 aliphatic rings. The van der Waals surface area contributed by atoms with Gasteiger partial charge in [-0.25, -0.2) is 0 Å². The number of carbonyl (C=O) groups excluding carboxylic acids is 2. The van der Waals surface area contributed by atoms with Crippen molar-refractivity contribution in [2.75, 3.05) is 18.4 Å². The smallest absolute Gasteiger partial charge is 0.265 e. The Balaban J connectivity index is 1.58. The van der Waals surface area contributed by atoms with Gasteiger partial charge in [-0.15, -0.1) is 0 Å². The highest BCUT2D eigenvalue weighted by atomic mass is 35.5. The molecule has 1 N–H and O–H groups in total. The summed E-state index contributed by atoms with van der Waals surface area (Å²) in [4.78, 5) is 26.5. The van der Waals surface area contributed by atoms with Crippen molar-refractivity contribution >= 4 is 29.1 Å². The molecule has 1 fully saturated rings. The zero-order valence-electron chi connectivity index (χ0n) is 14.6. The summed E-state index contributed by atoms with van der Waals surface area (Å²) in [7, 11) is 0. The molecule has 2 aromatic carbocycles. The van der Waals surface area contributed by atoms with Gasteiger partial charge in [0, 0.05) is 24.3 Å². The molecule has 5 nitrogen and oxygen atoms in total. The maximum Gasteiger partial charge on any atom is 0.265 e. The van der Waals surface area contributed by atoms with E-state index in [4.69, 9.17) is 16.3 Å². The Morgan fingerprint density at radius 1 is 1.08 bits per heavy atom. The quantitative estimate of drug-likeness (QED) is 0.863. The lowest BCUT2D eigenvalue weighted by Crippen LogP contribution is -2.30. The average molecular weight is 373 g/mol. The Hall–Kier alpha value is -2.53. The van der Waals surface area contributed by atoms with E-state index < -0.39 is 6.10 Å².